The van der Waals surface area contributed by atoms with Crippen LogP contribution < -0.4 is 26.2 Å². The molecule has 4 nitrogen and oxygen atoms in total. The molecule has 200 valence electrons. The van der Waals surface area contributed by atoms with E-state index in [1.807, 2.05) is 24.3 Å². The molecule has 2 aliphatic rings. The summed E-state index contributed by atoms with van der Waals surface area (Å²) in [4.78, 5) is 17.0. The van der Waals surface area contributed by atoms with E-state index in [0.717, 1.165) is 34.1 Å². The van der Waals surface area contributed by atoms with Gasteiger partial charge in [0.1, 0.15) is 5.69 Å². The average molecular weight is 549 g/mol. The molecule has 0 N–H and O–H groups in total. The first-order valence-electron chi connectivity index (χ1n) is 14.6. The number of nitrogens with zero attached hydrogens (tertiary/aromatic N) is 3. The van der Waals surface area contributed by atoms with Crippen LogP contribution >= 0.6 is 0 Å². The second-order valence-electron chi connectivity index (χ2n) is 11.2. The number of hydrogen-bond donors (Lipinski definition) is 0. The maximum atomic E-state index is 12.4. The molecule has 5 heteroatoms. The fourth-order valence-electron chi connectivity index (χ4n) is 7.25. The summed E-state index contributed by atoms with van der Waals surface area (Å²) in [5.74, 6) is 0. The van der Waals surface area contributed by atoms with Crippen LogP contribution in [0.2, 0.25) is 0 Å². The molecule has 0 fully saturated rings. The van der Waals surface area contributed by atoms with Gasteiger partial charge in [-0.15, -0.1) is 4.91 Å². The van der Waals surface area contributed by atoms with Crippen LogP contribution in [0, 0.1) is 4.91 Å². The van der Waals surface area contributed by atoms with Gasteiger partial charge >= 0.3 is 0 Å². The van der Waals surface area contributed by atoms with Gasteiger partial charge in [0.25, 0.3) is 6.71 Å². The van der Waals surface area contributed by atoms with Gasteiger partial charge in [0, 0.05) is 44.9 Å². The van der Waals surface area contributed by atoms with Crippen molar-refractivity contribution in [2.24, 2.45) is 5.18 Å². The lowest BCUT2D eigenvalue weighted by molar-refractivity contribution is 1.26. The minimum absolute atomic E-state index is 0.0372. The molecule has 0 aromatic heterocycles. The molecule has 2 aliphatic heterocycles. The van der Waals surface area contributed by atoms with Crippen molar-refractivity contribution >= 4 is 84.5 Å². The molecule has 2 heterocycles. The number of hydrogen-bond acceptors (Lipinski definition) is 4. The van der Waals surface area contributed by atoms with E-state index in [0.29, 0.717) is 5.69 Å². The lowest BCUT2D eigenvalue weighted by Gasteiger charge is -2.44. The lowest BCUT2D eigenvalue weighted by atomic mass is 9.33. The first-order valence-corrected chi connectivity index (χ1v) is 14.6. The first kappa shape index (κ1) is 24.0. The van der Waals surface area contributed by atoms with Crippen molar-refractivity contribution in [1.82, 2.24) is 0 Å². The molecule has 0 atom stereocenters. The third-order valence-electron chi connectivity index (χ3n) is 8.96. The maximum absolute atomic E-state index is 12.4. The van der Waals surface area contributed by atoms with Crippen molar-refractivity contribution in [2.75, 3.05) is 9.80 Å². The number of anilines is 6. The summed E-state index contributed by atoms with van der Waals surface area (Å²) in [7, 11) is 0. The van der Waals surface area contributed by atoms with E-state index in [-0.39, 0.29) is 6.71 Å². The molecular formula is C38H24BN3O. The van der Waals surface area contributed by atoms with E-state index >= 15 is 0 Å². The van der Waals surface area contributed by atoms with Crippen LogP contribution in [0.5, 0.6) is 0 Å². The Hall–Kier alpha value is -5.68. The van der Waals surface area contributed by atoms with Gasteiger partial charge in [-0.2, -0.15) is 0 Å². The van der Waals surface area contributed by atoms with Gasteiger partial charge in [0.15, 0.2) is 0 Å². The number of fused-ring (bicyclic) bond motifs is 8. The summed E-state index contributed by atoms with van der Waals surface area (Å²) >= 11 is 0. The summed E-state index contributed by atoms with van der Waals surface area (Å²) in [6.45, 7) is -0.0372. The van der Waals surface area contributed by atoms with Crippen molar-refractivity contribution in [3.8, 4) is 0 Å². The van der Waals surface area contributed by atoms with Crippen LogP contribution in [-0.4, -0.2) is 6.71 Å². The molecule has 0 bridgehead atoms. The van der Waals surface area contributed by atoms with Crippen LogP contribution in [0.4, 0.5) is 39.8 Å². The topological polar surface area (TPSA) is 35.9 Å². The highest BCUT2D eigenvalue weighted by Gasteiger charge is 2.44. The van der Waals surface area contributed by atoms with E-state index < -0.39 is 0 Å². The average Bonchev–Trinajstić information content (AvgIpc) is 3.08. The predicted octanol–water partition coefficient (Wildman–Crippen LogP) is 8.47. The normalized spacial score (nSPS) is 13.1. The molecule has 0 saturated heterocycles. The Balaban J connectivity index is 1.48. The Morgan fingerprint density at radius 3 is 1.40 bits per heavy atom. The minimum atomic E-state index is -0.0372. The van der Waals surface area contributed by atoms with Crippen LogP contribution in [-0.2, 0) is 0 Å². The first-order chi connectivity index (χ1) is 21.3. The zero-order valence-electron chi connectivity index (χ0n) is 23.2. The molecule has 0 spiro atoms. The van der Waals surface area contributed by atoms with Gasteiger partial charge in [0.2, 0.25) is 0 Å². The molecule has 7 aromatic rings. The molecule has 0 unspecified atom stereocenters. The van der Waals surface area contributed by atoms with Crippen molar-refractivity contribution < 1.29 is 0 Å². The highest BCUT2D eigenvalue weighted by Crippen LogP contribution is 2.48. The SMILES string of the molecule is O=Nc1cc2c3c(c1)N(c1ccccc1)c1c(ccc4ccccc14)B3c1ccc3ccccc3c1N2c1ccccc1. The lowest BCUT2D eigenvalue weighted by Crippen LogP contribution is -2.61. The maximum Gasteiger partial charge on any atom is 0.252 e. The third-order valence-corrected chi connectivity index (χ3v) is 8.96. The summed E-state index contributed by atoms with van der Waals surface area (Å²) in [5, 5.41) is 8.23. The quantitative estimate of drug-likeness (QED) is 0.164. The zero-order chi connectivity index (χ0) is 28.5. The molecule has 0 saturated carbocycles. The molecule has 0 radical (unpaired) electrons. The number of nitroso groups, excluding NO2 is 1. The Kier molecular flexibility index (Phi) is 5.11. The van der Waals surface area contributed by atoms with Crippen molar-refractivity contribution in [1.29, 1.82) is 0 Å². The van der Waals surface area contributed by atoms with Gasteiger partial charge in [-0.3, -0.25) is 0 Å². The van der Waals surface area contributed by atoms with Gasteiger partial charge in [0.05, 0.1) is 0 Å². The molecule has 43 heavy (non-hydrogen) atoms. The Morgan fingerprint density at radius 1 is 0.488 bits per heavy atom. The minimum Gasteiger partial charge on any atom is -0.311 e. The van der Waals surface area contributed by atoms with Crippen molar-refractivity contribution in [3.05, 3.63) is 150 Å². The summed E-state index contributed by atoms with van der Waals surface area (Å²) < 4.78 is 0. The van der Waals surface area contributed by atoms with E-state index in [1.165, 1.54) is 37.9 Å². The highest BCUT2D eigenvalue weighted by molar-refractivity contribution is 7.00. The smallest absolute Gasteiger partial charge is 0.252 e. The van der Waals surface area contributed by atoms with Gasteiger partial charge in [-0.05, 0) is 68.7 Å². The summed E-state index contributed by atoms with van der Waals surface area (Å²) in [6.07, 6.45) is 0. The fraction of sp³-hybridized carbons (Fsp3) is 0. The fourth-order valence-corrected chi connectivity index (χ4v) is 7.25. The summed E-state index contributed by atoms with van der Waals surface area (Å²) in [5.41, 5.74) is 10.4. The van der Waals surface area contributed by atoms with Crippen molar-refractivity contribution in [3.63, 3.8) is 0 Å². The monoisotopic (exact) mass is 549 g/mol. The van der Waals surface area contributed by atoms with E-state index in [2.05, 4.69) is 136 Å². The van der Waals surface area contributed by atoms with E-state index in [4.69, 9.17) is 0 Å². The third kappa shape index (κ3) is 3.39. The van der Waals surface area contributed by atoms with Crippen LogP contribution in [0.3, 0.4) is 0 Å². The van der Waals surface area contributed by atoms with E-state index in [1.54, 1.807) is 0 Å². The molecular weight excluding hydrogens is 525 g/mol. The predicted molar refractivity (Wildman–Crippen MR) is 181 cm³/mol. The van der Waals surface area contributed by atoms with Crippen LogP contribution in [0.15, 0.2) is 151 Å². The van der Waals surface area contributed by atoms with Gasteiger partial charge < -0.3 is 9.80 Å². The second kappa shape index (κ2) is 9.17. The van der Waals surface area contributed by atoms with Crippen LogP contribution in [0.25, 0.3) is 21.5 Å². The van der Waals surface area contributed by atoms with E-state index in [9.17, 15) is 4.91 Å². The number of benzene rings is 7. The molecule has 0 amide bonds. The number of rotatable bonds is 3. The Bertz CT molecular complexity index is 2080. The molecule has 0 aliphatic carbocycles. The Labute approximate surface area is 249 Å². The highest BCUT2D eigenvalue weighted by atomic mass is 16.3. The largest absolute Gasteiger partial charge is 0.311 e. The van der Waals surface area contributed by atoms with Gasteiger partial charge in [-0.1, -0.05) is 109 Å². The zero-order valence-corrected chi connectivity index (χ0v) is 23.2. The van der Waals surface area contributed by atoms with Crippen molar-refractivity contribution in [2.45, 2.75) is 0 Å². The summed E-state index contributed by atoms with van der Waals surface area (Å²) in [6, 6.07) is 51.1. The standard InChI is InChI=1S/C38H24BN3O/c43-40-27-23-34-36-35(24-27)42(29-15-5-2-6-16-29)38-31-18-10-8-12-26(31)20-22-33(38)39(36)32-21-19-25-11-7-9-17-30(25)37(32)41(34)28-13-3-1-4-14-28/h1-24H. The molecule has 7 aromatic carbocycles. The van der Waals surface area contributed by atoms with Crippen LogP contribution in [0.1, 0.15) is 0 Å². The Morgan fingerprint density at radius 2 is 0.930 bits per heavy atom. The molecule has 9 rings (SSSR count). The second-order valence-corrected chi connectivity index (χ2v) is 11.2. The number of para-hydroxylation sites is 2. The van der Waals surface area contributed by atoms with Gasteiger partial charge in [-0.25, -0.2) is 0 Å².